The van der Waals surface area contributed by atoms with Crippen molar-refractivity contribution in [2.45, 2.75) is 161 Å². The highest BCUT2D eigenvalue weighted by Gasteiger charge is 2.36. The average molecular weight is 502 g/mol. The molecule has 2 atom stereocenters. The lowest BCUT2D eigenvalue weighted by Gasteiger charge is -2.24. The quantitative estimate of drug-likeness (QED) is 0.128. The van der Waals surface area contributed by atoms with Gasteiger partial charge in [0.1, 0.15) is 11.5 Å². The highest BCUT2D eigenvalue weighted by Crippen LogP contribution is 2.39. The first-order chi connectivity index (χ1) is 16.8. The topological polar surface area (TPSA) is 12.9 Å². The Hall–Kier alpha value is -1.13. The summed E-state index contributed by atoms with van der Waals surface area (Å²) < 4.78 is 57.8. The van der Waals surface area contributed by atoms with Crippen LogP contribution in [-0.2, 0) is 6.18 Å². The van der Waals surface area contributed by atoms with E-state index < -0.39 is 17.7 Å². The maximum absolute atomic E-state index is 16.1. The Morgan fingerprint density at radius 3 is 1.60 bits per heavy atom. The van der Waals surface area contributed by atoms with Gasteiger partial charge in [-0.25, -0.2) is 9.37 Å². The van der Waals surface area contributed by atoms with E-state index in [2.05, 4.69) is 32.7 Å². The van der Waals surface area contributed by atoms with Crippen LogP contribution in [0.25, 0.3) is 0 Å². The van der Waals surface area contributed by atoms with E-state index in [9.17, 15) is 13.2 Å². The summed E-state index contributed by atoms with van der Waals surface area (Å²) in [6, 6.07) is 1.03. The zero-order valence-corrected chi connectivity index (χ0v) is 22.9. The monoisotopic (exact) mass is 501 g/mol. The normalized spacial score (nSPS) is 13.8. The number of rotatable bonds is 20. The third-order valence-corrected chi connectivity index (χ3v) is 7.25. The van der Waals surface area contributed by atoms with E-state index in [1.165, 1.54) is 6.42 Å². The largest absolute Gasteiger partial charge is 0.433 e. The summed E-state index contributed by atoms with van der Waals surface area (Å²) in [5.74, 6) is -0.865. The first-order valence-corrected chi connectivity index (χ1v) is 14.6. The molecule has 2 unspecified atom stereocenters. The van der Waals surface area contributed by atoms with Crippen LogP contribution in [0.15, 0.2) is 6.07 Å². The fourth-order valence-corrected chi connectivity index (χ4v) is 5.06. The second-order valence-corrected chi connectivity index (χ2v) is 10.4. The Kier molecular flexibility index (Phi) is 16.6. The van der Waals surface area contributed by atoms with Crippen LogP contribution >= 0.6 is 0 Å². The minimum absolute atomic E-state index is 0.0786. The van der Waals surface area contributed by atoms with E-state index in [0.717, 1.165) is 102 Å². The standard InChI is InChI=1S/C30H51F4N/c1-5-9-13-15-18-20-24(19-12-8-4)26-23-27(30(32,33)34)35-29(28(26)31)25(21-16-11-7-3)22-17-14-10-6-2/h23-25H,5-22H2,1-4H3. The molecule has 0 aliphatic carbocycles. The molecule has 5 heteroatoms. The number of aromatic nitrogens is 1. The predicted octanol–water partition coefficient (Wildman–Crippen LogP) is 11.5. The van der Waals surface area contributed by atoms with Crippen LogP contribution < -0.4 is 0 Å². The molecule has 0 saturated carbocycles. The van der Waals surface area contributed by atoms with Crippen LogP contribution in [-0.4, -0.2) is 4.98 Å². The molecule has 0 aliphatic heterocycles. The lowest BCUT2D eigenvalue weighted by molar-refractivity contribution is -0.141. The maximum atomic E-state index is 16.1. The molecule has 35 heavy (non-hydrogen) atoms. The molecule has 0 spiro atoms. The molecule has 0 bridgehead atoms. The lowest BCUT2D eigenvalue weighted by atomic mass is 9.84. The zero-order chi connectivity index (χ0) is 26.1. The van der Waals surface area contributed by atoms with Gasteiger partial charge in [-0.3, -0.25) is 0 Å². The highest BCUT2D eigenvalue weighted by atomic mass is 19.4. The van der Waals surface area contributed by atoms with Gasteiger partial charge in [0, 0.05) is 5.92 Å². The summed E-state index contributed by atoms with van der Waals surface area (Å²) in [4.78, 5) is 3.97. The number of halogens is 4. The van der Waals surface area contributed by atoms with Gasteiger partial charge in [-0.05, 0) is 43.2 Å². The summed E-state index contributed by atoms with van der Waals surface area (Å²) in [5, 5.41) is 0. The third kappa shape index (κ3) is 12.1. The molecule has 204 valence electrons. The number of nitrogens with zero attached hydrogens (tertiary/aromatic N) is 1. The van der Waals surface area contributed by atoms with E-state index in [-0.39, 0.29) is 23.1 Å². The lowest BCUT2D eigenvalue weighted by Crippen LogP contribution is -2.17. The molecule has 1 aromatic rings. The number of unbranched alkanes of at least 4 members (excludes halogenated alkanes) is 10. The van der Waals surface area contributed by atoms with Gasteiger partial charge in [-0.2, -0.15) is 13.2 Å². The molecule has 1 nitrogen and oxygen atoms in total. The van der Waals surface area contributed by atoms with Gasteiger partial charge in [0.25, 0.3) is 0 Å². The predicted molar refractivity (Wildman–Crippen MR) is 140 cm³/mol. The minimum Gasteiger partial charge on any atom is -0.245 e. The van der Waals surface area contributed by atoms with Gasteiger partial charge < -0.3 is 0 Å². The van der Waals surface area contributed by atoms with Crippen molar-refractivity contribution in [2.75, 3.05) is 0 Å². The summed E-state index contributed by atoms with van der Waals surface area (Å²) in [6.45, 7) is 8.48. The average Bonchev–Trinajstić information content (AvgIpc) is 2.82. The molecular formula is C30H51F4N. The van der Waals surface area contributed by atoms with E-state index in [4.69, 9.17) is 0 Å². The first-order valence-electron chi connectivity index (χ1n) is 14.6. The summed E-state index contributed by atoms with van der Waals surface area (Å²) in [6.07, 6.45) is 12.7. The molecule has 1 aromatic heterocycles. The van der Waals surface area contributed by atoms with Crippen LogP contribution in [0.1, 0.15) is 172 Å². The smallest absolute Gasteiger partial charge is 0.245 e. The molecule has 1 heterocycles. The van der Waals surface area contributed by atoms with Crippen molar-refractivity contribution in [1.29, 1.82) is 0 Å². The Morgan fingerprint density at radius 1 is 0.629 bits per heavy atom. The molecule has 0 aromatic carbocycles. The van der Waals surface area contributed by atoms with E-state index in [0.29, 0.717) is 12.8 Å². The third-order valence-electron chi connectivity index (χ3n) is 7.25. The molecule has 0 N–H and O–H groups in total. The Labute approximate surface area is 212 Å². The van der Waals surface area contributed by atoms with Crippen LogP contribution in [0, 0.1) is 5.82 Å². The molecule has 0 amide bonds. The van der Waals surface area contributed by atoms with Crippen molar-refractivity contribution in [2.24, 2.45) is 0 Å². The zero-order valence-electron chi connectivity index (χ0n) is 22.9. The number of alkyl halides is 3. The summed E-state index contributed by atoms with van der Waals surface area (Å²) in [7, 11) is 0. The van der Waals surface area contributed by atoms with Crippen LogP contribution in [0.3, 0.4) is 0 Å². The molecule has 0 saturated heterocycles. The first kappa shape index (κ1) is 31.9. The fraction of sp³-hybridized carbons (Fsp3) is 0.833. The summed E-state index contributed by atoms with van der Waals surface area (Å²) >= 11 is 0. The van der Waals surface area contributed by atoms with Gasteiger partial charge in [0.15, 0.2) is 0 Å². The van der Waals surface area contributed by atoms with Crippen molar-refractivity contribution < 1.29 is 17.6 Å². The van der Waals surface area contributed by atoms with Crippen molar-refractivity contribution in [1.82, 2.24) is 4.98 Å². The van der Waals surface area contributed by atoms with Crippen molar-refractivity contribution in [3.05, 3.63) is 28.8 Å². The van der Waals surface area contributed by atoms with E-state index >= 15 is 4.39 Å². The number of hydrogen-bond donors (Lipinski definition) is 0. The Morgan fingerprint density at radius 2 is 1.06 bits per heavy atom. The van der Waals surface area contributed by atoms with Gasteiger partial charge in [0.05, 0.1) is 5.69 Å². The highest BCUT2D eigenvalue weighted by molar-refractivity contribution is 5.30. The maximum Gasteiger partial charge on any atom is 0.433 e. The summed E-state index contributed by atoms with van der Waals surface area (Å²) in [5.41, 5.74) is -0.569. The number of hydrogen-bond acceptors (Lipinski definition) is 1. The second-order valence-electron chi connectivity index (χ2n) is 10.4. The van der Waals surface area contributed by atoms with Crippen molar-refractivity contribution in [3.8, 4) is 0 Å². The second kappa shape index (κ2) is 18.2. The van der Waals surface area contributed by atoms with Crippen molar-refractivity contribution in [3.63, 3.8) is 0 Å². The minimum atomic E-state index is -4.57. The molecular weight excluding hydrogens is 450 g/mol. The Bertz CT molecular complexity index is 671. The fourth-order valence-electron chi connectivity index (χ4n) is 5.06. The molecule has 0 aliphatic rings. The van der Waals surface area contributed by atoms with Crippen LogP contribution in [0.4, 0.5) is 17.6 Å². The van der Waals surface area contributed by atoms with Gasteiger partial charge >= 0.3 is 6.18 Å². The van der Waals surface area contributed by atoms with Gasteiger partial charge in [-0.15, -0.1) is 0 Å². The van der Waals surface area contributed by atoms with Crippen LogP contribution in [0.5, 0.6) is 0 Å². The number of pyridine rings is 1. The molecule has 0 radical (unpaired) electrons. The Balaban J connectivity index is 3.34. The van der Waals surface area contributed by atoms with Crippen LogP contribution in [0.2, 0.25) is 0 Å². The van der Waals surface area contributed by atoms with Gasteiger partial charge in [-0.1, -0.05) is 118 Å². The molecule has 1 rings (SSSR count). The van der Waals surface area contributed by atoms with Crippen molar-refractivity contribution >= 4 is 0 Å². The SMILES string of the molecule is CCCCCCCC(CCCC)c1cc(C(F)(F)F)nc(C(CCCCC)CCCCCC)c1F. The van der Waals surface area contributed by atoms with Gasteiger partial charge in [0.2, 0.25) is 0 Å². The molecule has 0 fully saturated rings. The van der Waals surface area contributed by atoms with E-state index in [1.807, 2.05) is 0 Å². The van der Waals surface area contributed by atoms with E-state index in [1.54, 1.807) is 0 Å².